The number of hydrogen-bond donors (Lipinski definition) is 0. The van der Waals surface area contributed by atoms with E-state index in [2.05, 4.69) is 5.10 Å². The molecule has 0 saturated carbocycles. The number of aromatic nitrogens is 2. The van der Waals surface area contributed by atoms with Crippen LogP contribution in [0, 0.1) is 24.0 Å². The van der Waals surface area contributed by atoms with Gasteiger partial charge in [-0.3, -0.25) is 10.1 Å². The summed E-state index contributed by atoms with van der Waals surface area (Å²) >= 11 is 0. The van der Waals surface area contributed by atoms with E-state index in [0.29, 0.717) is 22.5 Å². The maximum Gasteiger partial charge on any atom is 0.344 e. The van der Waals surface area contributed by atoms with Gasteiger partial charge in [0, 0.05) is 4.92 Å². The second-order valence-electron chi connectivity index (χ2n) is 7.73. The molecule has 0 aliphatic carbocycles. The van der Waals surface area contributed by atoms with Crippen LogP contribution in [-0.2, 0) is 0 Å². The van der Waals surface area contributed by atoms with Crippen molar-refractivity contribution in [2.45, 2.75) is 19.8 Å². The largest absolute Gasteiger partial charge is 0.403 e. The van der Waals surface area contributed by atoms with E-state index in [0.717, 1.165) is 11.1 Å². The summed E-state index contributed by atoms with van der Waals surface area (Å²) in [5, 5.41) is 16.3. The number of carbonyl (C=O) groups is 1. The standard InChI is InChI=1S/C26H23N3O4/c1-18-11-9-10-16-22(18)23(17-28(31)32)24-19(2)27-29(21-14-7-4-8-15-21)25(24)33-26(30)20-12-5-3-6-13-20/h3-16,23H,17H2,1-2H3/t23-/m0/s1. The first-order valence-corrected chi connectivity index (χ1v) is 10.5. The van der Waals surface area contributed by atoms with Crippen molar-refractivity contribution in [1.82, 2.24) is 9.78 Å². The molecule has 0 spiro atoms. The molecule has 1 aromatic heterocycles. The normalized spacial score (nSPS) is 11.7. The van der Waals surface area contributed by atoms with E-state index in [1.807, 2.05) is 67.6 Å². The van der Waals surface area contributed by atoms with E-state index in [9.17, 15) is 14.9 Å². The highest BCUT2D eigenvalue weighted by Crippen LogP contribution is 2.38. The number of rotatable bonds is 7. The minimum absolute atomic E-state index is 0.183. The first kappa shape index (κ1) is 22.0. The fraction of sp³-hybridized carbons (Fsp3) is 0.154. The van der Waals surface area contributed by atoms with Gasteiger partial charge < -0.3 is 4.74 Å². The number of hydrogen-bond acceptors (Lipinski definition) is 5. The third kappa shape index (κ3) is 4.67. The SMILES string of the molecule is Cc1ccccc1[C@H](C[N+](=O)[O-])c1c(C)nn(-c2ccccc2)c1OC(=O)c1ccccc1. The van der Waals surface area contributed by atoms with Gasteiger partial charge in [0.1, 0.15) is 0 Å². The lowest BCUT2D eigenvalue weighted by Crippen LogP contribution is -2.18. The van der Waals surface area contributed by atoms with Crippen LogP contribution in [-0.4, -0.2) is 27.2 Å². The van der Waals surface area contributed by atoms with Crippen molar-refractivity contribution in [3.05, 3.63) is 123 Å². The summed E-state index contributed by atoms with van der Waals surface area (Å²) in [4.78, 5) is 24.3. The molecule has 0 aliphatic rings. The summed E-state index contributed by atoms with van der Waals surface area (Å²) in [5.74, 6) is -1.02. The third-order valence-corrected chi connectivity index (χ3v) is 5.51. The molecule has 4 aromatic rings. The van der Waals surface area contributed by atoms with Crippen LogP contribution < -0.4 is 4.74 Å². The van der Waals surface area contributed by atoms with Crippen LogP contribution in [0.1, 0.15) is 38.7 Å². The molecule has 0 unspecified atom stereocenters. The van der Waals surface area contributed by atoms with Gasteiger partial charge in [-0.25, -0.2) is 9.48 Å². The van der Waals surface area contributed by atoms with Crippen molar-refractivity contribution < 1.29 is 14.5 Å². The van der Waals surface area contributed by atoms with E-state index in [4.69, 9.17) is 4.74 Å². The molecule has 0 saturated heterocycles. The van der Waals surface area contributed by atoms with E-state index < -0.39 is 11.9 Å². The number of para-hydroxylation sites is 1. The molecular weight excluding hydrogens is 418 g/mol. The number of nitro groups is 1. The molecular formula is C26H23N3O4. The fourth-order valence-corrected chi connectivity index (χ4v) is 3.95. The van der Waals surface area contributed by atoms with Crippen molar-refractivity contribution in [2.24, 2.45) is 0 Å². The lowest BCUT2D eigenvalue weighted by atomic mass is 9.88. The number of aryl methyl sites for hydroxylation is 2. The Hall–Kier alpha value is -4.26. The zero-order valence-corrected chi connectivity index (χ0v) is 18.3. The van der Waals surface area contributed by atoms with Crippen molar-refractivity contribution >= 4 is 5.97 Å². The molecule has 7 heteroatoms. The van der Waals surface area contributed by atoms with Crippen molar-refractivity contribution in [1.29, 1.82) is 0 Å². The van der Waals surface area contributed by atoms with E-state index in [1.165, 1.54) is 4.68 Å². The highest BCUT2D eigenvalue weighted by Gasteiger charge is 2.32. The van der Waals surface area contributed by atoms with Crippen LogP contribution in [0.15, 0.2) is 84.9 Å². The highest BCUT2D eigenvalue weighted by molar-refractivity contribution is 5.91. The Labute approximate surface area is 191 Å². The predicted octanol–water partition coefficient (Wildman–Crippen LogP) is 5.12. The molecule has 166 valence electrons. The number of carbonyl (C=O) groups excluding carboxylic acids is 1. The van der Waals surface area contributed by atoms with E-state index in [1.54, 1.807) is 31.2 Å². The molecule has 0 amide bonds. The average Bonchev–Trinajstić information content (AvgIpc) is 3.14. The molecule has 4 rings (SSSR count). The van der Waals surface area contributed by atoms with Gasteiger partial charge in [-0.1, -0.05) is 60.7 Å². The molecule has 0 fully saturated rings. The lowest BCUT2D eigenvalue weighted by Gasteiger charge is -2.18. The molecule has 7 nitrogen and oxygen atoms in total. The van der Waals surface area contributed by atoms with Crippen LogP contribution in [0.2, 0.25) is 0 Å². The summed E-state index contributed by atoms with van der Waals surface area (Å²) in [6.45, 7) is 3.33. The Morgan fingerprint density at radius 3 is 2.21 bits per heavy atom. The number of nitrogens with zero attached hydrogens (tertiary/aromatic N) is 3. The van der Waals surface area contributed by atoms with Gasteiger partial charge in [0.25, 0.3) is 0 Å². The summed E-state index contributed by atoms with van der Waals surface area (Å²) in [7, 11) is 0. The Kier molecular flexibility index (Phi) is 6.31. The molecule has 33 heavy (non-hydrogen) atoms. The second-order valence-corrected chi connectivity index (χ2v) is 7.73. The zero-order chi connectivity index (χ0) is 23.4. The minimum atomic E-state index is -0.641. The first-order valence-electron chi connectivity index (χ1n) is 10.5. The van der Waals surface area contributed by atoms with Crippen molar-refractivity contribution in [2.75, 3.05) is 6.54 Å². The molecule has 1 heterocycles. The summed E-state index contributed by atoms with van der Waals surface area (Å²) in [6, 6.07) is 25.4. The summed E-state index contributed by atoms with van der Waals surface area (Å²) in [6.07, 6.45) is 0. The monoisotopic (exact) mass is 441 g/mol. The Morgan fingerprint density at radius 2 is 1.58 bits per heavy atom. The Morgan fingerprint density at radius 1 is 0.970 bits per heavy atom. The third-order valence-electron chi connectivity index (χ3n) is 5.51. The first-order chi connectivity index (χ1) is 16.0. The van der Waals surface area contributed by atoms with Gasteiger partial charge >= 0.3 is 5.97 Å². The van der Waals surface area contributed by atoms with Gasteiger partial charge in [-0.2, -0.15) is 5.10 Å². The van der Waals surface area contributed by atoms with Gasteiger partial charge in [-0.05, 0) is 49.2 Å². The molecule has 0 aliphatic heterocycles. The lowest BCUT2D eigenvalue weighted by molar-refractivity contribution is -0.481. The van der Waals surface area contributed by atoms with Crippen LogP contribution in [0.3, 0.4) is 0 Å². The van der Waals surface area contributed by atoms with Gasteiger partial charge in [0.15, 0.2) is 0 Å². The van der Waals surface area contributed by atoms with E-state index in [-0.39, 0.29) is 17.3 Å². The van der Waals surface area contributed by atoms with Gasteiger partial charge in [0.05, 0.1) is 28.4 Å². The Balaban J connectivity index is 1.91. The van der Waals surface area contributed by atoms with E-state index >= 15 is 0 Å². The maximum absolute atomic E-state index is 13.0. The molecule has 3 aromatic carbocycles. The average molecular weight is 441 g/mol. The van der Waals surface area contributed by atoms with Gasteiger partial charge in [0.2, 0.25) is 12.4 Å². The smallest absolute Gasteiger partial charge is 0.344 e. The number of ether oxygens (including phenoxy) is 1. The highest BCUT2D eigenvalue weighted by atomic mass is 16.6. The molecule has 0 N–H and O–H groups in total. The van der Waals surface area contributed by atoms with Gasteiger partial charge in [-0.15, -0.1) is 0 Å². The van der Waals surface area contributed by atoms with Crippen molar-refractivity contribution in [3.63, 3.8) is 0 Å². The predicted molar refractivity (Wildman–Crippen MR) is 125 cm³/mol. The van der Waals surface area contributed by atoms with Crippen LogP contribution in [0.25, 0.3) is 5.69 Å². The summed E-state index contributed by atoms with van der Waals surface area (Å²) in [5.41, 5.74) is 3.86. The maximum atomic E-state index is 13.0. The topological polar surface area (TPSA) is 87.3 Å². The van der Waals surface area contributed by atoms with Crippen molar-refractivity contribution in [3.8, 4) is 11.6 Å². The quantitative estimate of drug-likeness (QED) is 0.226. The van der Waals surface area contributed by atoms with Crippen LogP contribution in [0.5, 0.6) is 5.88 Å². The second kappa shape index (κ2) is 9.48. The molecule has 0 radical (unpaired) electrons. The Bertz CT molecular complexity index is 1280. The zero-order valence-electron chi connectivity index (χ0n) is 18.3. The number of benzene rings is 3. The minimum Gasteiger partial charge on any atom is -0.403 e. The fourth-order valence-electron chi connectivity index (χ4n) is 3.95. The van der Waals surface area contributed by atoms with Crippen LogP contribution >= 0.6 is 0 Å². The van der Waals surface area contributed by atoms with Crippen LogP contribution in [0.4, 0.5) is 0 Å². The number of esters is 1. The summed E-state index contributed by atoms with van der Waals surface area (Å²) < 4.78 is 7.44. The molecule has 0 bridgehead atoms. The molecule has 1 atom stereocenters.